The molecule has 50 valence electrons. The minimum atomic E-state index is 0. The molecule has 8 heavy (non-hydrogen) atoms. The first kappa shape index (κ1) is 10.6. The van der Waals surface area contributed by atoms with Gasteiger partial charge in [-0.25, -0.2) is 0 Å². The van der Waals surface area contributed by atoms with E-state index in [9.17, 15) is 0 Å². The predicted octanol–water partition coefficient (Wildman–Crippen LogP) is -0.643. The lowest BCUT2D eigenvalue weighted by Gasteiger charge is -1.60. The Morgan fingerprint density at radius 1 is 1.62 bits per heavy atom. The summed E-state index contributed by atoms with van der Waals surface area (Å²) in [5.41, 5.74) is 0. The van der Waals surface area contributed by atoms with Crippen LogP contribution in [0.2, 0.25) is 0 Å². The van der Waals surface area contributed by atoms with Crippen molar-refractivity contribution in [1.29, 1.82) is 0 Å². The summed E-state index contributed by atoms with van der Waals surface area (Å²) in [5, 5.41) is 7.76. The molecule has 3 nitrogen and oxygen atoms in total. The fraction of sp³-hybridized carbons (Fsp3) is 0.600. The van der Waals surface area contributed by atoms with Gasteiger partial charge in [0.2, 0.25) is 0 Å². The van der Waals surface area contributed by atoms with Crippen LogP contribution in [0.15, 0.2) is 12.7 Å². The summed E-state index contributed by atoms with van der Waals surface area (Å²) in [4.78, 5) is 0. The maximum atomic E-state index is 7.76. The van der Waals surface area contributed by atoms with Gasteiger partial charge in [0.05, 0.1) is 19.8 Å². The summed E-state index contributed by atoms with van der Waals surface area (Å²) in [6, 6.07) is 0. The standard InChI is InChI=1S/C3H6O.C2H4O.H2O/c1-2-3-4;1-2-3-1;/h2,4H,1,3H2;1-2H2;1H2. The Morgan fingerprint density at radius 3 is 1.88 bits per heavy atom. The van der Waals surface area contributed by atoms with Crippen LogP contribution in [0.1, 0.15) is 0 Å². The van der Waals surface area contributed by atoms with Crippen LogP contribution in [0.3, 0.4) is 0 Å². The van der Waals surface area contributed by atoms with E-state index < -0.39 is 0 Å². The van der Waals surface area contributed by atoms with Gasteiger partial charge in [0.15, 0.2) is 0 Å². The van der Waals surface area contributed by atoms with Gasteiger partial charge in [-0.15, -0.1) is 6.58 Å². The van der Waals surface area contributed by atoms with Crippen LogP contribution in [0, 0.1) is 0 Å². The highest BCUT2D eigenvalue weighted by Gasteiger charge is 1.94. The number of epoxide rings is 1. The number of ether oxygens (including phenoxy) is 1. The van der Waals surface area contributed by atoms with Gasteiger partial charge < -0.3 is 15.3 Å². The average Bonchev–Trinajstić information content (AvgIpc) is 2.47. The van der Waals surface area contributed by atoms with Crippen molar-refractivity contribution in [3.8, 4) is 0 Å². The van der Waals surface area contributed by atoms with Crippen molar-refractivity contribution in [2.24, 2.45) is 0 Å². The van der Waals surface area contributed by atoms with E-state index >= 15 is 0 Å². The molecule has 1 aliphatic heterocycles. The van der Waals surface area contributed by atoms with Gasteiger partial charge in [0.25, 0.3) is 0 Å². The molecule has 1 fully saturated rings. The summed E-state index contributed by atoms with van der Waals surface area (Å²) < 4.78 is 4.50. The predicted molar refractivity (Wildman–Crippen MR) is 31.7 cm³/mol. The molecule has 0 saturated carbocycles. The third-order valence-electron chi connectivity index (χ3n) is 0.333. The van der Waals surface area contributed by atoms with E-state index in [1.165, 1.54) is 6.08 Å². The van der Waals surface area contributed by atoms with Gasteiger partial charge in [-0.1, -0.05) is 6.08 Å². The maximum absolute atomic E-state index is 7.76. The van der Waals surface area contributed by atoms with Crippen LogP contribution in [0.4, 0.5) is 0 Å². The van der Waals surface area contributed by atoms with E-state index in [0.29, 0.717) is 0 Å². The minimum absolute atomic E-state index is 0. The van der Waals surface area contributed by atoms with E-state index in [4.69, 9.17) is 5.11 Å². The molecule has 0 aromatic heterocycles. The van der Waals surface area contributed by atoms with E-state index in [2.05, 4.69) is 11.3 Å². The van der Waals surface area contributed by atoms with Gasteiger partial charge in [0.1, 0.15) is 0 Å². The number of rotatable bonds is 1. The van der Waals surface area contributed by atoms with Crippen molar-refractivity contribution < 1.29 is 15.3 Å². The van der Waals surface area contributed by atoms with Crippen LogP contribution < -0.4 is 0 Å². The Bertz CT molecular complexity index is 40.2. The molecule has 1 aliphatic rings. The lowest BCUT2D eigenvalue weighted by atomic mass is 10.7. The molecule has 0 aromatic rings. The number of hydrogen-bond acceptors (Lipinski definition) is 2. The lowest BCUT2D eigenvalue weighted by molar-refractivity contribution is 0.343. The highest BCUT2D eigenvalue weighted by Crippen LogP contribution is 1.84. The Kier molecular flexibility index (Phi) is 12.9. The molecule has 0 atom stereocenters. The van der Waals surface area contributed by atoms with Gasteiger partial charge in [-0.2, -0.15) is 0 Å². The molecule has 3 N–H and O–H groups in total. The van der Waals surface area contributed by atoms with Crippen molar-refractivity contribution in [1.82, 2.24) is 0 Å². The second-order valence-corrected chi connectivity index (χ2v) is 1.08. The Hall–Kier alpha value is -0.380. The van der Waals surface area contributed by atoms with Crippen molar-refractivity contribution in [2.75, 3.05) is 19.8 Å². The third kappa shape index (κ3) is 45.7. The van der Waals surface area contributed by atoms with E-state index in [1.807, 2.05) is 0 Å². The summed E-state index contributed by atoms with van der Waals surface area (Å²) >= 11 is 0. The molecular weight excluding hydrogens is 108 g/mol. The summed E-state index contributed by atoms with van der Waals surface area (Å²) in [5.74, 6) is 0. The molecule has 0 spiro atoms. The molecule has 0 radical (unpaired) electrons. The highest BCUT2D eigenvalue weighted by atomic mass is 16.6. The first-order chi connectivity index (χ1) is 3.41. The Morgan fingerprint density at radius 2 is 1.88 bits per heavy atom. The first-order valence-electron chi connectivity index (χ1n) is 2.21. The highest BCUT2D eigenvalue weighted by molar-refractivity contribution is 4.60. The molecule has 0 bridgehead atoms. The molecule has 0 aromatic carbocycles. The van der Waals surface area contributed by atoms with Gasteiger partial charge >= 0.3 is 0 Å². The zero-order valence-electron chi connectivity index (χ0n) is 4.76. The van der Waals surface area contributed by atoms with Crippen molar-refractivity contribution in [2.45, 2.75) is 0 Å². The minimum Gasteiger partial charge on any atom is -0.412 e. The largest absolute Gasteiger partial charge is 0.412 e. The smallest absolute Gasteiger partial charge is 0.0701 e. The summed E-state index contributed by atoms with van der Waals surface area (Å²) in [6.45, 7) is 5.31. The number of aliphatic hydroxyl groups excluding tert-OH is 1. The van der Waals surface area contributed by atoms with Crippen molar-refractivity contribution in [3.05, 3.63) is 12.7 Å². The van der Waals surface area contributed by atoms with Crippen LogP contribution in [0.5, 0.6) is 0 Å². The number of hydrogen-bond donors (Lipinski definition) is 1. The molecule has 1 rings (SSSR count). The van der Waals surface area contributed by atoms with Gasteiger partial charge in [-0.3, -0.25) is 0 Å². The van der Waals surface area contributed by atoms with Crippen molar-refractivity contribution >= 4 is 0 Å². The van der Waals surface area contributed by atoms with Crippen LogP contribution in [0.25, 0.3) is 0 Å². The lowest BCUT2D eigenvalue weighted by Crippen LogP contribution is -1.62. The Balaban J connectivity index is 0. The fourth-order valence-electron chi connectivity index (χ4n) is 0. The topological polar surface area (TPSA) is 64.3 Å². The molecule has 0 amide bonds. The quantitative estimate of drug-likeness (QED) is 0.369. The van der Waals surface area contributed by atoms with E-state index in [-0.39, 0.29) is 12.1 Å². The monoisotopic (exact) mass is 120 g/mol. The van der Waals surface area contributed by atoms with Crippen LogP contribution in [-0.2, 0) is 4.74 Å². The van der Waals surface area contributed by atoms with Crippen molar-refractivity contribution in [3.63, 3.8) is 0 Å². The Labute approximate surface area is 48.9 Å². The average molecular weight is 120 g/mol. The fourth-order valence-corrected chi connectivity index (χ4v) is 0. The van der Waals surface area contributed by atoms with E-state index in [0.717, 1.165) is 13.2 Å². The zero-order chi connectivity index (χ0) is 5.54. The van der Waals surface area contributed by atoms with Crippen LogP contribution >= 0.6 is 0 Å². The third-order valence-corrected chi connectivity index (χ3v) is 0.333. The second kappa shape index (κ2) is 9.80. The molecule has 1 saturated heterocycles. The molecule has 3 heteroatoms. The maximum Gasteiger partial charge on any atom is 0.0701 e. The second-order valence-electron chi connectivity index (χ2n) is 1.08. The summed E-state index contributed by atoms with van der Waals surface area (Å²) in [6.07, 6.45) is 1.43. The summed E-state index contributed by atoms with van der Waals surface area (Å²) in [7, 11) is 0. The molecular formula is C5H12O3. The van der Waals surface area contributed by atoms with Crippen LogP contribution in [-0.4, -0.2) is 30.4 Å². The molecule has 1 heterocycles. The normalized spacial score (nSPS) is 12.1. The van der Waals surface area contributed by atoms with E-state index in [1.54, 1.807) is 0 Å². The number of aliphatic hydroxyl groups is 1. The van der Waals surface area contributed by atoms with Gasteiger partial charge in [-0.05, 0) is 0 Å². The molecule has 0 aliphatic carbocycles. The zero-order valence-corrected chi connectivity index (χ0v) is 4.76. The molecule has 0 unspecified atom stereocenters. The van der Waals surface area contributed by atoms with Gasteiger partial charge in [0, 0.05) is 0 Å². The first-order valence-corrected chi connectivity index (χ1v) is 2.21. The SMILES string of the molecule is C1CO1.C=CCO.O.